The second-order valence-corrected chi connectivity index (χ2v) is 22.6. The van der Waals surface area contributed by atoms with Crippen LogP contribution in [0.3, 0.4) is 0 Å². The van der Waals surface area contributed by atoms with Gasteiger partial charge in [-0.05, 0) is 57.8 Å². The van der Waals surface area contributed by atoms with E-state index in [1.807, 2.05) is 0 Å². The van der Waals surface area contributed by atoms with Crippen LogP contribution in [0.15, 0.2) is 36.5 Å². The molecule has 7 heteroatoms. The molecular weight excluding hydrogens is 915 g/mol. The van der Waals surface area contributed by atoms with E-state index in [4.69, 9.17) is 4.74 Å². The zero-order chi connectivity index (χ0) is 53.7. The van der Waals surface area contributed by atoms with Crippen LogP contribution in [0.2, 0.25) is 0 Å². The molecule has 0 heterocycles. The van der Waals surface area contributed by atoms with Crippen LogP contribution in [-0.4, -0.2) is 58.7 Å². The maximum atomic E-state index is 12.5. The van der Waals surface area contributed by atoms with Crippen molar-refractivity contribution >= 4 is 11.9 Å². The molecule has 0 saturated heterocycles. The molecule has 0 aromatic heterocycles. The number of carbonyl (C=O) groups is 2. The first-order valence-corrected chi connectivity index (χ1v) is 32.8. The number of allylic oxidation sites excluding steroid dienone is 4. The smallest absolute Gasteiger partial charge is 0.305 e. The Kier molecular flexibility index (Phi) is 60.2. The van der Waals surface area contributed by atoms with Crippen molar-refractivity contribution in [1.82, 2.24) is 5.32 Å². The zero-order valence-electron chi connectivity index (χ0n) is 49.4. The maximum Gasteiger partial charge on any atom is 0.305 e. The van der Waals surface area contributed by atoms with Gasteiger partial charge in [-0.2, -0.15) is 0 Å². The second kappa shape index (κ2) is 61.9. The molecule has 0 radical (unpaired) electrons. The van der Waals surface area contributed by atoms with Gasteiger partial charge in [0, 0.05) is 12.8 Å². The van der Waals surface area contributed by atoms with Crippen molar-refractivity contribution in [3.63, 3.8) is 0 Å². The number of esters is 1. The van der Waals surface area contributed by atoms with Crippen molar-refractivity contribution in [2.75, 3.05) is 13.2 Å². The van der Waals surface area contributed by atoms with Crippen LogP contribution in [0.25, 0.3) is 0 Å². The van der Waals surface area contributed by atoms with Gasteiger partial charge >= 0.3 is 5.97 Å². The Morgan fingerprint density at radius 2 is 0.743 bits per heavy atom. The van der Waals surface area contributed by atoms with E-state index in [1.165, 1.54) is 263 Å². The highest BCUT2D eigenvalue weighted by atomic mass is 16.5. The average Bonchev–Trinajstić information content (AvgIpc) is 3.40. The lowest BCUT2D eigenvalue weighted by atomic mass is 10.0. The highest BCUT2D eigenvalue weighted by molar-refractivity contribution is 5.76. The lowest BCUT2D eigenvalue weighted by molar-refractivity contribution is -0.143. The van der Waals surface area contributed by atoms with Crippen molar-refractivity contribution in [2.45, 2.75) is 366 Å². The topological polar surface area (TPSA) is 116 Å². The normalized spacial score (nSPS) is 13.2. The van der Waals surface area contributed by atoms with Crippen LogP contribution in [-0.2, 0) is 14.3 Å². The predicted octanol–water partition coefficient (Wildman–Crippen LogP) is 19.7. The number of hydrogen-bond acceptors (Lipinski definition) is 6. The van der Waals surface area contributed by atoms with Gasteiger partial charge in [0.2, 0.25) is 5.91 Å². The first-order valence-electron chi connectivity index (χ1n) is 32.8. The summed E-state index contributed by atoms with van der Waals surface area (Å²) >= 11 is 0. The molecule has 0 fully saturated rings. The minimum Gasteiger partial charge on any atom is -0.466 e. The van der Waals surface area contributed by atoms with Crippen LogP contribution >= 0.6 is 0 Å². The molecule has 0 rings (SSSR count). The predicted molar refractivity (Wildman–Crippen MR) is 321 cm³/mol. The number of unbranched alkanes of at least 4 members (excludes halogenated alkanes) is 44. The molecule has 0 aliphatic rings. The quantitative estimate of drug-likeness (QED) is 0.0274. The molecule has 0 unspecified atom stereocenters. The first kappa shape index (κ1) is 72.0. The minimum atomic E-state index is -1.02. The molecule has 4 N–H and O–H groups in total. The molecule has 436 valence electrons. The number of aliphatic hydroxyl groups excluding tert-OH is 3. The summed E-state index contributed by atoms with van der Waals surface area (Å²) < 4.78 is 5.48. The van der Waals surface area contributed by atoms with Gasteiger partial charge in [0.05, 0.1) is 31.5 Å². The Morgan fingerprint density at radius 1 is 0.405 bits per heavy atom. The Bertz CT molecular complexity index is 1220. The van der Waals surface area contributed by atoms with E-state index in [9.17, 15) is 24.9 Å². The number of hydrogen-bond donors (Lipinski definition) is 4. The summed E-state index contributed by atoms with van der Waals surface area (Å²) in [5.74, 6) is -0.126. The van der Waals surface area contributed by atoms with E-state index in [0.717, 1.165) is 57.8 Å². The summed E-state index contributed by atoms with van der Waals surface area (Å²) in [5.41, 5.74) is 0. The van der Waals surface area contributed by atoms with Gasteiger partial charge < -0.3 is 25.4 Å². The molecule has 1 amide bonds. The summed E-state index contributed by atoms with van der Waals surface area (Å²) in [5, 5.41) is 33.3. The molecule has 0 aliphatic carbocycles. The fraction of sp³-hybridized carbons (Fsp3) is 0.881. The van der Waals surface area contributed by atoms with E-state index in [2.05, 4.69) is 43.5 Å². The van der Waals surface area contributed by atoms with Gasteiger partial charge in [0.25, 0.3) is 0 Å². The highest BCUT2D eigenvalue weighted by Gasteiger charge is 2.18. The van der Waals surface area contributed by atoms with Gasteiger partial charge in [-0.1, -0.05) is 314 Å². The third-order valence-corrected chi connectivity index (χ3v) is 15.2. The largest absolute Gasteiger partial charge is 0.466 e. The number of amides is 1. The summed E-state index contributed by atoms with van der Waals surface area (Å²) in [4.78, 5) is 24.5. The third-order valence-electron chi connectivity index (χ3n) is 15.2. The monoisotopic (exact) mass is 1040 g/mol. The number of aliphatic hydroxyl groups is 3. The summed E-state index contributed by atoms with van der Waals surface area (Å²) in [6.45, 7) is 4.77. The van der Waals surface area contributed by atoms with Gasteiger partial charge in [-0.15, -0.1) is 0 Å². The van der Waals surface area contributed by atoms with Gasteiger partial charge in [0.15, 0.2) is 0 Å². The van der Waals surface area contributed by atoms with Crippen LogP contribution in [0.4, 0.5) is 0 Å². The van der Waals surface area contributed by atoms with Crippen LogP contribution in [0.5, 0.6) is 0 Å². The fourth-order valence-electron chi connectivity index (χ4n) is 10.2. The summed E-state index contributed by atoms with van der Waals surface area (Å²) in [6.07, 6.45) is 75.1. The second-order valence-electron chi connectivity index (χ2n) is 22.6. The summed E-state index contributed by atoms with van der Waals surface area (Å²) in [7, 11) is 0. The molecule has 0 aliphatic heterocycles. The van der Waals surface area contributed by atoms with E-state index in [-0.39, 0.29) is 18.5 Å². The Morgan fingerprint density at radius 3 is 1.16 bits per heavy atom. The summed E-state index contributed by atoms with van der Waals surface area (Å²) in [6, 6.07) is -0.747. The number of ether oxygens (including phenoxy) is 1. The van der Waals surface area contributed by atoms with Crippen molar-refractivity contribution < 1.29 is 29.6 Å². The lowest BCUT2D eigenvalue weighted by Gasteiger charge is -2.20. The molecule has 0 spiro atoms. The lowest BCUT2D eigenvalue weighted by Crippen LogP contribution is -2.45. The zero-order valence-corrected chi connectivity index (χ0v) is 49.4. The van der Waals surface area contributed by atoms with Crippen LogP contribution in [0.1, 0.15) is 348 Å². The van der Waals surface area contributed by atoms with Crippen LogP contribution in [0, 0.1) is 0 Å². The number of carbonyl (C=O) groups excluding carboxylic acids is 2. The maximum absolute atomic E-state index is 12.5. The SMILES string of the molecule is CCCCC/C=C\C/C=C\CCCCCCCC(=O)OCCCCCCCCCCCCCCCCCCCCCCCCCCCCCCCC(=O)N[C@@H](CO)[C@H](O)/C=C/[C@H](O)CCCCCCCCCCC. The molecule has 0 aromatic rings. The third kappa shape index (κ3) is 57.7. The first-order chi connectivity index (χ1) is 36.4. The molecular formula is C67H127NO6. The molecule has 0 saturated carbocycles. The fourth-order valence-corrected chi connectivity index (χ4v) is 10.2. The van der Waals surface area contributed by atoms with Crippen LogP contribution < -0.4 is 5.32 Å². The van der Waals surface area contributed by atoms with Crippen molar-refractivity contribution in [1.29, 1.82) is 0 Å². The van der Waals surface area contributed by atoms with Gasteiger partial charge in [-0.25, -0.2) is 0 Å². The van der Waals surface area contributed by atoms with Crippen molar-refractivity contribution in [2.24, 2.45) is 0 Å². The van der Waals surface area contributed by atoms with Gasteiger partial charge in [-0.3, -0.25) is 9.59 Å². The van der Waals surface area contributed by atoms with E-state index >= 15 is 0 Å². The van der Waals surface area contributed by atoms with Crippen molar-refractivity contribution in [3.8, 4) is 0 Å². The molecule has 7 nitrogen and oxygen atoms in total. The van der Waals surface area contributed by atoms with Crippen molar-refractivity contribution in [3.05, 3.63) is 36.5 Å². The van der Waals surface area contributed by atoms with E-state index in [0.29, 0.717) is 25.9 Å². The standard InChI is InChI=1S/C67H127NO6/c1-3-5-7-9-11-13-14-15-31-35-38-42-46-50-54-58-67(73)74-61-55-51-47-43-39-36-33-30-28-26-24-22-20-18-16-17-19-21-23-25-27-29-32-34-37-41-45-49-53-57-66(72)68-64(62-69)65(71)60-59-63(70)56-52-48-44-40-12-10-8-6-4-2/h11,13,15,31,59-60,63-65,69-71H,3-10,12,14,16-30,32-58,61-62H2,1-2H3,(H,68,72)/b13-11-,31-15-,60-59+/t63-,64+,65-/m1/s1. The highest BCUT2D eigenvalue weighted by Crippen LogP contribution is 2.18. The Hall–Kier alpha value is -1.96. The minimum absolute atomic E-state index is 0.00264. The Labute approximate surface area is 460 Å². The number of rotatable bonds is 61. The molecule has 0 bridgehead atoms. The van der Waals surface area contributed by atoms with Gasteiger partial charge in [0.1, 0.15) is 0 Å². The molecule has 3 atom stereocenters. The average molecular weight is 1040 g/mol. The Balaban J connectivity index is 3.38. The van der Waals surface area contributed by atoms with E-state index < -0.39 is 18.2 Å². The molecule has 0 aromatic carbocycles. The number of nitrogens with one attached hydrogen (secondary N) is 1. The van der Waals surface area contributed by atoms with E-state index in [1.54, 1.807) is 6.08 Å². The molecule has 74 heavy (non-hydrogen) atoms.